The van der Waals surface area contributed by atoms with Gasteiger partial charge in [0, 0.05) is 11.3 Å². The summed E-state index contributed by atoms with van der Waals surface area (Å²) in [6.07, 6.45) is 0. The molecule has 1 heterocycles. The number of halogens is 1. The molecule has 27 heavy (non-hydrogen) atoms. The number of hydrogen-bond donors (Lipinski definition) is 1. The topological polar surface area (TPSA) is 55.1 Å². The molecule has 0 radical (unpaired) electrons. The number of nitrogens with one attached hydrogen (secondary N) is 1. The van der Waals surface area contributed by atoms with Crippen LogP contribution < -0.4 is 5.32 Å². The SMILES string of the molecule is Cc1cc(C)c2oc(-c3cccc(NC(=O)c4ccccc4Cl)c3)nc2c1. The molecule has 1 N–H and O–H groups in total. The molecule has 4 rings (SSSR count). The summed E-state index contributed by atoms with van der Waals surface area (Å²) in [7, 11) is 0. The van der Waals surface area contributed by atoms with Gasteiger partial charge in [0.05, 0.1) is 10.6 Å². The molecule has 0 aliphatic heterocycles. The van der Waals surface area contributed by atoms with Crippen LogP contribution in [0.5, 0.6) is 0 Å². The Bertz CT molecular complexity index is 1160. The maximum absolute atomic E-state index is 12.5. The molecule has 1 aromatic heterocycles. The zero-order valence-electron chi connectivity index (χ0n) is 14.9. The van der Waals surface area contributed by atoms with E-state index in [0.29, 0.717) is 22.2 Å². The van der Waals surface area contributed by atoms with Gasteiger partial charge < -0.3 is 9.73 Å². The predicted octanol–water partition coefficient (Wildman–Crippen LogP) is 6.02. The first-order valence-corrected chi connectivity index (χ1v) is 8.93. The zero-order chi connectivity index (χ0) is 19.0. The van der Waals surface area contributed by atoms with Gasteiger partial charge in [-0.05, 0) is 61.4 Å². The lowest BCUT2D eigenvalue weighted by molar-refractivity contribution is 0.102. The molecule has 5 heteroatoms. The van der Waals surface area contributed by atoms with E-state index in [-0.39, 0.29) is 5.91 Å². The van der Waals surface area contributed by atoms with E-state index in [2.05, 4.69) is 16.4 Å². The Balaban J connectivity index is 1.66. The van der Waals surface area contributed by atoms with Gasteiger partial charge >= 0.3 is 0 Å². The number of hydrogen-bond acceptors (Lipinski definition) is 3. The number of carbonyl (C=O) groups is 1. The number of fused-ring (bicyclic) bond motifs is 1. The first-order valence-electron chi connectivity index (χ1n) is 8.55. The van der Waals surface area contributed by atoms with Crippen LogP contribution >= 0.6 is 11.6 Å². The summed E-state index contributed by atoms with van der Waals surface area (Å²) in [5, 5.41) is 3.28. The van der Waals surface area contributed by atoms with E-state index in [1.54, 1.807) is 24.3 Å². The maximum Gasteiger partial charge on any atom is 0.257 e. The second-order valence-electron chi connectivity index (χ2n) is 6.46. The van der Waals surface area contributed by atoms with Crippen LogP contribution in [0.4, 0.5) is 5.69 Å². The van der Waals surface area contributed by atoms with Crippen molar-refractivity contribution in [1.82, 2.24) is 4.98 Å². The van der Waals surface area contributed by atoms with Gasteiger partial charge in [0.15, 0.2) is 5.58 Å². The van der Waals surface area contributed by atoms with E-state index < -0.39 is 0 Å². The Labute approximate surface area is 161 Å². The van der Waals surface area contributed by atoms with Crippen molar-refractivity contribution in [2.24, 2.45) is 0 Å². The Morgan fingerprint density at radius 1 is 1.04 bits per heavy atom. The van der Waals surface area contributed by atoms with Crippen LogP contribution in [0, 0.1) is 13.8 Å². The van der Waals surface area contributed by atoms with Crippen molar-refractivity contribution in [3.05, 3.63) is 82.4 Å². The summed E-state index contributed by atoms with van der Waals surface area (Å²) in [6.45, 7) is 4.04. The number of carbonyl (C=O) groups excluding carboxylic acids is 1. The van der Waals surface area contributed by atoms with Crippen LogP contribution in [-0.4, -0.2) is 10.9 Å². The van der Waals surface area contributed by atoms with Crippen molar-refractivity contribution >= 4 is 34.3 Å². The zero-order valence-corrected chi connectivity index (χ0v) is 15.7. The number of benzene rings is 3. The third-order valence-electron chi connectivity index (χ3n) is 4.31. The molecule has 0 saturated carbocycles. The van der Waals surface area contributed by atoms with Crippen molar-refractivity contribution in [2.75, 3.05) is 5.32 Å². The van der Waals surface area contributed by atoms with Crippen molar-refractivity contribution in [3.63, 3.8) is 0 Å². The lowest BCUT2D eigenvalue weighted by Gasteiger charge is -2.07. The van der Waals surface area contributed by atoms with E-state index in [1.807, 2.05) is 44.2 Å². The fourth-order valence-corrected chi connectivity index (χ4v) is 3.30. The molecule has 134 valence electrons. The highest BCUT2D eigenvalue weighted by atomic mass is 35.5. The van der Waals surface area contributed by atoms with Crippen molar-refractivity contribution in [3.8, 4) is 11.5 Å². The van der Waals surface area contributed by atoms with Gasteiger partial charge in [-0.1, -0.05) is 35.9 Å². The molecule has 0 aliphatic carbocycles. The van der Waals surface area contributed by atoms with Crippen LogP contribution in [-0.2, 0) is 0 Å². The number of aromatic nitrogens is 1. The van der Waals surface area contributed by atoms with Crippen molar-refractivity contribution in [2.45, 2.75) is 13.8 Å². The summed E-state index contributed by atoms with van der Waals surface area (Å²) in [6, 6.07) is 18.4. The molecule has 0 unspecified atom stereocenters. The largest absolute Gasteiger partial charge is 0.436 e. The summed E-state index contributed by atoms with van der Waals surface area (Å²) < 4.78 is 5.96. The summed E-state index contributed by atoms with van der Waals surface area (Å²) in [5.74, 6) is 0.259. The van der Waals surface area contributed by atoms with Crippen molar-refractivity contribution in [1.29, 1.82) is 0 Å². The average Bonchev–Trinajstić information content (AvgIpc) is 3.06. The number of rotatable bonds is 3. The lowest BCUT2D eigenvalue weighted by Crippen LogP contribution is -2.12. The van der Waals surface area contributed by atoms with E-state index in [0.717, 1.165) is 27.8 Å². The fraction of sp³-hybridized carbons (Fsp3) is 0.0909. The normalized spacial score (nSPS) is 10.9. The molecule has 3 aromatic carbocycles. The minimum absolute atomic E-state index is 0.262. The van der Waals surface area contributed by atoms with Gasteiger partial charge in [0.25, 0.3) is 5.91 Å². The van der Waals surface area contributed by atoms with Crippen LogP contribution in [0.25, 0.3) is 22.6 Å². The van der Waals surface area contributed by atoms with Gasteiger partial charge in [-0.15, -0.1) is 0 Å². The average molecular weight is 377 g/mol. The second-order valence-corrected chi connectivity index (χ2v) is 6.87. The van der Waals surface area contributed by atoms with E-state index >= 15 is 0 Å². The van der Waals surface area contributed by atoms with Crippen LogP contribution in [0.2, 0.25) is 5.02 Å². The number of anilines is 1. The summed E-state index contributed by atoms with van der Waals surface area (Å²) in [4.78, 5) is 17.1. The lowest BCUT2D eigenvalue weighted by atomic mass is 10.1. The molecule has 0 bridgehead atoms. The predicted molar refractivity (Wildman–Crippen MR) is 108 cm³/mol. The fourth-order valence-electron chi connectivity index (χ4n) is 3.07. The molecular weight excluding hydrogens is 360 g/mol. The Hall–Kier alpha value is -3.11. The minimum Gasteiger partial charge on any atom is -0.436 e. The monoisotopic (exact) mass is 376 g/mol. The first kappa shape index (κ1) is 17.3. The Morgan fingerprint density at radius 3 is 2.67 bits per heavy atom. The molecule has 0 saturated heterocycles. The van der Waals surface area contributed by atoms with E-state index in [9.17, 15) is 4.79 Å². The van der Waals surface area contributed by atoms with Crippen LogP contribution in [0.1, 0.15) is 21.5 Å². The molecule has 4 nitrogen and oxygen atoms in total. The second kappa shape index (κ2) is 6.89. The highest BCUT2D eigenvalue weighted by Gasteiger charge is 2.13. The Kier molecular flexibility index (Phi) is 4.42. The number of amides is 1. The van der Waals surface area contributed by atoms with Gasteiger partial charge in [-0.25, -0.2) is 4.98 Å². The molecular formula is C22H17ClN2O2. The summed E-state index contributed by atoms with van der Waals surface area (Å²) >= 11 is 6.10. The van der Waals surface area contributed by atoms with Gasteiger partial charge in [0.2, 0.25) is 5.89 Å². The number of aryl methyl sites for hydroxylation is 2. The smallest absolute Gasteiger partial charge is 0.257 e. The van der Waals surface area contributed by atoms with E-state index in [1.165, 1.54) is 0 Å². The highest BCUT2D eigenvalue weighted by molar-refractivity contribution is 6.34. The molecule has 0 fully saturated rings. The van der Waals surface area contributed by atoms with Crippen LogP contribution in [0.15, 0.2) is 65.1 Å². The van der Waals surface area contributed by atoms with Crippen LogP contribution in [0.3, 0.4) is 0 Å². The number of nitrogens with zero attached hydrogens (tertiary/aromatic N) is 1. The number of oxazole rings is 1. The van der Waals surface area contributed by atoms with E-state index in [4.69, 9.17) is 16.0 Å². The molecule has 4 aromatic rings. The molecule has 0 atom stereocenters. The molecule has 1 amide bonds. The quantitative estimate of drug-likeness (QED) is 0.475. The highest BCUT2D eigenvalue weighted by Crippen LogP contribution is 2.29. The summed E-state index contributed by atoms with van der Waals surface area (Å²) in [5.41, 5.74) is 5.66. The third kappa shape index (κ3) is 3.44. The molecule has 0 spiro atoms. The Morgan fingerprint density at radius 2 is 1.85 bits per heavy atom. The maximum atomic E-state index is 12.5. The van der Waals surface area contributed by atoms with Gasteiger partial charge in [-0.3, -0.25) is 4.79 Å². The van der Waals surface area contributed by atoms with Crippen molar-refractivity contribution < 1.29 is 9.21 Å². The molecule has 0 aliphatic rings. The van der Waals surface area contributed by atoms with Gasteiger partial charge in [-0.2, -0.15) is 0 Å². The first-order chi connectivity index (χ1) is 13.0. The third-order valence-corrected chi connectivity index (χ3v) is 4.64. The minimum atomic E-state index is -0.262. The van der Waals surface area contributed by atoms with Gasteiger partial charge in [0.1, 0.15) is 5.52 Å². The standard InChI is InChI=1S/C22H17ClN2O2/c1-13-10-14(2)20-19(11-13)25-22(27-20)15-6-5-7-16(12-15)24-21(26)17-8-3-4-9-18(17)23/h3-12H,1-2H3,(H,24,26).